The van der Waals surface area contributed by atoms with Gasteiger partial charge in [0.1, 0.15) is 11.6 Å². The van der Waals surface area contributed by atoms with E-state index in [2.05, 4.69) is 10.6 Å². The number of amides is 2. The predicted octanol–water partition coefficient (Wildman–Crippen LogP) is 1.58. The number of hydrogen-bond acceptors (Lipinski definition) is 3. The van der Waals surface area contributed by atoms with Gasteiger partial charge in [0.15, 0.2) is 13.1 Å². The molecule has 0 aromatic heterocycles. The van der Waals surface area contributed by atoms with Crippen LogP contribution < -0.4 is 20.3 Å². The Morgan fingerprint density at radius 3 is 2.12 bits per heavy atom. The number of likely N-dealkylation sites (N-methyl/N-ethyl adjacent to an activating group) is 1. The summed E-state index contributed by atoms with van der Waals surface area (Å²) in [6.07, 6.45) is 0. The van der Waals surface area contributed by atoms with Crippen molar-refractivity contribution in [2.75, 3.05) is 37.9 Å². The lowest BCUT2D eigenvalue weighted by Gasteiger charge is -2.14. The van der Waals surface area contributed by atoms with E-state index < -0.39 is 0 Å². The highest BCUT2D eigenvalue weighted by Crippen LogP contribution is 2.27. The van der Waals surface area contributed by atoms with Crippen molar-refractivity contribution in [2.24, 2.45) is 0 Å². The number of methoxy groups -OCH3 is 1. The summed E-state index contributed by atoms with van der Waals surface area (Å²) >= 11 is 6.02. The maximum Gasteiger partial charge on any atom is 0.279 e. The molecule has 1 unspecified atom stereocenters. The Labute approximate surface area is 155 Å². The molecule has 2 amide bonds. The number of benzene rings is 2. The van der Waals surface area contributed by atoms with Crippen molar-refractivity contribution in [1.29, 1.82) is 0 Å². The van der Waals surface area contributed by atoms with Crippen LogP contribution in [0.1, 0.15) is 0 Å². The second-order valence-electron chi connectivity index (χ2n) is 5.76. The van der Waals surface area contributed by atoms with Gasteiger partial charge in [-0.05, 0) is 42.5 Å². The third kappa shape index (κ3) is 6.02. The lowest BCUT2D eigenvalue weighted by molar-refractivity contribution is -0.862. The van der Waals surface area contributed by atoms with Gasteiger partial charge in [0, 0.05) is 11.4 Å². The Kier molecular flexibility index (Phi) is 6.94. The van der Waals surface area contributed by atoms with Gasteiger partial charge in [-0.2, -0.15) is 0 Å². The third-order valence-corrected chi connectivity index (χ3v) is 3.78. The smallest absolute Gasteiger partial charge is 0.279 e. The maximum atomic E-state index is 12.8. The summed E-state index contributed by atoms with van der Waals surface area (Å²) in [5, 5.41) is 5.77. The van der Waals surface area contributed by atoms with E-state index in [-0.39, 0.29) is 30.7 Å². The molecule has 0 spiro atoms. The van der Waals surface area contributed by atoms with Crippen LogP contribution in [0.2, 0.25) is 5.02 Å². The van der Waals surface area contributed by atoms with E-state index in [9.17, 15) is 14.0 Å². The normalized spacial score (nSPS) is 11.5. The van der Waals surface area contributed by atoms with E-state index in [1.165, 1.54) is 31.4 Å². The third-order valence-electron chi connectivity index (χ3n) is 3.49. The summed E-state index contributed by atoms with van der Waals surface area (Å²) in [5.41, 5.74) is 1.05. The minimum Gasteiger partial charge on any atom is -0.495 e. The number of nitrogens with one attached hydrogen (secondary N) is 3. The van der Waals surface area contributed by atoms with Crippen molar-refractivity contribution in [2.45, 2.75) is 0 Å². The molecule has 138 valence electrons. The average molecular weight is 381 g/mol. The van der Waals surface area contributed by atoms with Gasteiger partial charge in [0.2, 0.25) is 0 Å². The molecule has 0 aliphatic carbocycles. The van der Waals surface area contributed by atoms with Gasteiger partial charge in [-0.15, -0.1) is 0 Å². The Morgan fingerprint density at radius 1 is 1.04 bits per heavy atom. The molecular formula is C18H20ClFN3O3+. The first-order chi connectivity index (χ1) is 12.4. The molecule has 3 N–H and O–H groups in total. The van der Waals surface area contributed by atoms with E-state index in [1.54, 1.807) is 25.2 Å². The maximum absolute atomic E-state index is 12.8. The van der Waals surface area contributed by atoms with Gasteiger partial charge >= 0.3 is 0 Å². The van der Waals surface area contributed by atoms with Gasteiger partial charge < -0.3 is 20.3 Å². The molecule has 0 fully saturated rings. The molecule has 0 bridgehead atoms. The number of quaternary nitrogens is 1. The van der Waals surface area contributed by atoms with E-state index in [0.29, 0.717) is 27.0 Å². The van der Waals surface area contributed by atoms with Crippen LogP contribution in [0.25, 0.3) is 0 Å². The number of carbonyl (C=O) groups excluding carboxylic acids is 2. The average Bonchev–Trinajstić information content (AvgIpc) is 2.56. The van der Waals surface area contributed by atoms with E-state index >= 15 is 0 Å². The van der Waals surface area contributed by atoms with Crippen molar-refractivity contribution in [3.8, 4) is 5.75 Å². The Balaban J connectivity index is 1.81. The van der Waals surface area contributed by atoms with Crippen LogP contribution in [0.4, 0.5) is 15.8 Å². The van der Waals surface area contributed by atoms with Gasteiger partial charge in [-0.25, -0.2) is 4.39 Å². The highest BCUT2D eigenvalue weighted by atomic mass is 35.5. The zero-order valence-electron chi connectivity index (χ0n) is 14.4. The first kappa shape index (κ1) is 19.7. The Bertz CT molecular complexity index is 784. The van der Waals surface area contributed by atoms with Gasteiger partial charge in [0.05, 0.1) is 19.2 Å². The van der Waals surface area contributed by atoms with Crippen molar-refractivity contribution in [1.82, 2.24) is 0 Å². The minimum absolute atomic E-state index is 0.0914. The van der Waals surface area contributed by atoms with E-state index in [0.717, 1.165) is 0 Å². The van der Waals surface area contributed by atoms with Crippen LogP contribution in [0.15, 0.2) is 42.5 Å². The topological polar surface area (TPSA) is 71.9 Å². The van der Waals surface area contributed by atoms with Gasteiger partial charge in [-0.3, -0.25) is 9.59 Å². The highest BCUT2D eigenvalue weighted by molar-refractivity contribution is 6.32. The van der Waals surface area contributed by atoms with Gasteiger partial charge in [0.25, 0.3) is 11.8 Å². The largest absolute Gasteiger partial charge is 0.495 e. The van der Waals surface area contributed by atoms with Gasteiger partial charge in [-0.1, -0.05) is 11.6 Å². The fraction of sp³-hybridized carbons (Fsp3) is 0.222. The number of anilines is 2. The second-order valence-corrected chi connectivity index (χ2v) is 6.17. The first-order valence-corrected chi connectivity index (χ1v) is 8.25. The number of rotatable bonds is 7. The summed E-state index contributed by atoms with van der Waals surface area (Å²) in [5.74, 6) is -0.376. The van der Waals surface area contributed by atoms with E-state index in [1.807, 2.05) is 0 Å². The number of hydrogen-bond donors (Lipinski definition) is 3. The van der Waals surface area contributed by atoms with Crippen molar-refractivity contribution in [3.05, 3.63) is 53.3 Å². The van der Waals surface area contributed by atoms with Crippen LogP contribution in [0.5, 0.6) is 5.75 Å². The molecule has 0 radical (unpaired) electrons. The summed E-state index contributed by atoms with van der Waals surface area (Å²) in [4.78, 5) is 24.8. The summed E-state index contributed by atoms with van der Waals surface area (Å²) in [6.45, 7) is 0.189. The molecule has 0 aliphatic rings. The lowest BCUT2D eigenvalue weighted by atomic mass is 10.3. The molecule has 26 heavy (non-hydrogen) atoms. The van der Waals surface area contributed by atoms with E-state index in [4.69, 9.17) is 16.3 Å². The molecule has 6 nitrogen and oxygen atoms in total. The fourth-order valence-electron chi connectivity index (χ4n) is 2.30. The molecule has 0 aliphatic heterocycles. The number of carbonyl (C=O) groups is 2. The van der Waals surface area contributed by atoms with Crippen LogP contribution in [0.3, 0.4) is 0 Å². The summed E-state index contributed by atoms with van der Waals surface area (Å²) in [6, 6.07) is 10.4. The van der Waals surface area contributed by atoms with Crippen molar-refractivity contribution >= 4 is 34.8 Å². The lowest BCUT2D eigenvalue weighted by Crippen LogP contribution is -3.11. The Hall–Kier alpha value is -2.64. The standard InChI is InChI=1S/C18H19ClFN3O3/c1-23(10-17(24)21-13-5-3-12(20)4-6-13)11-18(25)22-14-7-8-16(26-2)15(19)9-14/h3-9H,10-11H2,1-2H3,(H,21,24)(H,22,25)/p+1. The molecule has 0 saturated heterocycles. The summed E-state index contributed by atoms with van der Waals surface area (Å²) < 4.78 is 17.9. The predicted molar refractivity (Wildman–Crippen MR) is 98.3 cm³/mol. The molecule has 8 heteroatoms. The zero-order valence-corrected chi connectivity index (χ0v) is 15.2. The summed E-state index contributed by atoms with van der Waals surface area (Å²) in [7, 11) is 3.24. The highest BCUT2D eigenvalue weighted by Gasteiger charge is 2.15. The molecule has 2 aromatic rings. The Morgan fingerprint density at radius 2 is 1.58 bits per heavy atom. The number of ether oxygens (including phenoxy) is 1. The van der Waals surface area contributed by atoms with Crippen LogP contribution in [-0.4, -0.2) is 39.1 Å². The SMILES string of the molecule is COc1ccc(NC(=O)C[NH+](C)CC(=O)Nc2ccc(F)cc2)cc1Cl. The molecule has 0 heterocycles. The van der Waals surface area contributed by atoms with Crippen molar-refractivity contribution < 1.29 is 23.6 Å². The van der Waals surface area contributed by atoms with Crippen LogP contribution >= 0.6 is 11.6 Å². The first-order valence-electron chi connectivity index (χ1n) is 7.87. The monoisotopic (exact) mass is 380 g/mol. The quantitative estimate of drug-likeness (QED) is 0.683. The molecular weight excluding hydrogens is 361 g/mol. The zero-order chi connectivity index (χ0) is 19.1. The van der Waals surface area contributed by atoms with Crippen LogP contribution in [-0.2, 0) is 9.59 Å². The van der Waals surface area contributed by atoms with Crippen molar-refractivity contribution in [3.63, 3.8) is 0 Å². The fourth-order valence-corrected chi connectivity index (χ4v) is 2.56. The molecule has 1 atom stereocenters. The molecule has 2 aromatic carbocycles. The molecule has 0 saturated carbocycles. The second kappa shape index (κ2) is 9.17. The number of halogens is 2. The minimum atomic E-state index is -0.374. The van der Waals surface area contributed by atoms with Crippen LogP contribution in [0, 0.1) is 5.82 Å². The molecule has 2 rings (SSSR count).